The van der Waals surface area contributed by atoms with Crippen molar-refractivity contribution in [2.24, 2.45) is 0 Å². The number of carbonyl (C=O) groups is 4. The molecule has 0 atom stereocenters. The van der Waals surface area contributed by atoms with Crippen molar-refractivity contribution in [1.82, 2.24) is 20.9 Å². The summed E-state index contributed by atoms with van der Waals surface area (Å²) in [5.74, 6) is -1.94. The van der Waals surface area contributed by atoms with Crippen molar-refractivity contribution >= 4 is 23.8 Å². The maximum absolute atomic E-state index is 11.8. The molecule has 1 rings (SSSR count). The van der Waals surface area contributed by atoms with E-state index in [0.29, 0.717) is 13.1 Å². The van der Waals surface area contributed by atoms with Crippen molar-refractivity contribution in [3.63, 3.8) is 0 Å². The van der Waals surface area contributed by atoms with E-state index in [1.165, 1.54) is 0 Å². The molecule has 21 heavy (non-hydrogen) atoms. The van der Waals surface area contributed by atoms with Crippen LogP contribution in [0.3, 0.4) is 0 Å². The van der Waals surface area contributed by atoms with Crippen LogP contribution in [0.1, 0.15) is 19.3 Å². The Morgan fingerprint density at radius 3 is 2.10 bits per heavy atom. The molecule has 1 saturated heterocycles. The van der Waals surface area contributed by atoms with E-state index in [1.54, 1.807) is 4.90 Å². The van der Waals surface area contributed by atoms with Crippen molar-refractivity contribution in [2.45, 2.75) is 19.3 Å². The Hall–Kier alpha value is -2.32. The monoisotopic (exact) mass is 300 g/mol. The molecule has 9 nitrogen and oxygen atoms in total. The molecule has 1 fully saturated rings. The van der Waals surface area contributed by atoms with E-state index in [2.05, 4.69) is 16.0 Å². The van der Waals surface area contributed by atoms with Gasteiger partial charge in [0.05, 0.1) is 13.1 Å². The van der Waals surface area contributed by atoms with Crippen LogP contribution in [0.25, 0.3) is 0 Å². The molecule has 9 heteroatoms. The molecule has 1 aliphatic rings. The lowest BCUT2D eigenvalue weighted by molar-refractivity contribution is -0.137. The number of rotatable bonds is 6. The summed E-state index contributed by atoms with van der Waals surface area (Å²) in [6.07, 6.45) is 3.06. The van der Waals surface area contributed by atoms with Gasteiger partial charge < -0.3 is 26.0 Å². The minimum Gasteiger partial charge on any atom is -0.480 e. The van der Waals surface area contributed by atoms with Gasteiger partial charge in [0.25, 0.3) is 0 Å². The number of hydrogen-bond acceptors (Lipinski definition) is 4. The van der Waals surface area contributed by atoms with E-state index in [1.807, 2.05) is 0 Å². The maximum atomic E-state index is 11.8. The van der Waals surface area contributed by atoms with Crippen molar-refractivity contribution in [1.29, 1.82) is 0 Å². The Morgan fingerprint density at radius 1 is 0.857 bits per heavy atom. The third-order valence-corrected chi connectivity index (χ3v) is 2.96. The molecule has 1 heterocycles. The van der Waals surface area contributed by atoms with E-state index in [4.69, 9.17) is 5.11 Å². The molecule has 1 aliphatic heterocycles. The summed E-state index contributed by atoms with van der Waals surface area (Å²) in [5, 5.41) is 15.1. The van der Waals surface area contributed by atoms with Crippen LogP contribution in [0.15, 0.2) is 0 Å². The summed E-state index contributed by atoms with van der Waals surface area (Å²) in [7, 11) is 0. The second-order valence-corrected chi connectivity index (χ2v) is 4.65. The first-order chi connectivity index (χ1) is 9.99. The predicted octanol–water partition coefficient (Wildman–Crippen LogP) is -1.50. The Kier molecular flexibility index (Phi) is 6.99. The minimum absolute atomic E-state index is 0.122. The molecule has 4 N–H and O–H groups in total. The van der Waals surface area contributed by atoms with Gasteiger partial charge in [-0.15, -0.1) is 0 Å². The summed E-state index contributed by atoms with van der Waals surface area (Å²) < 4.78 is 0. The number of nitrogens with zero attached hydrogens (tertiary/aromatic N) is 1. The average Bonchev–Trinajstić information content (AvgIpc) is 2.49. The highest BCUT2D eigenvalue weighted by Gasteiger charge is 2.16. The van der Waals surface area contributed by atoms with Crippen LogP contribution in [-0.4, -0.2) is 66.5 Å². The number of piperidine rings is 1. The van der Waals surface area contributed by atoms with Gasteiger partial charge >= 0.3 is 12.0 Å². The number of aliphatic carboxylic acids is 1. The van der Waals surface area contributed by atoms with E-state index in [-0.39, 0.29) is 19.0 Å². The van der Waals surface area contributed by atoms with Crippen molar-refractivity contribution in [3.05, 3.63) is 0 Å². The second-order valence-electron chi connectivity index (χ2n) is 4.65. The number of urea groups is 1. The van der Waals surface area contributed by atoms with Crippen LogP contribution < -0.4 is 16.0 Å². The highest BCUT2D eigenvalue weighted by atomic mass is 16.4. The summed E-state index contributed by atoms with van der Waals surface area (Å²) in [5.41, 5.74) is 0. The Morgan fingerprint density at radius 2 is 1.48 bits per heavy atom. The summed E-state index contributed by atoms with van der Waals surface area (Å²) in [4.78, 5) is 46.2. The molecule has 0 aromatic heterocycles. The first-order valence-corrected chi connectivity index (χ1v) is 6.77. The van der Waals surface area contributed by atoms with Gasteiger partial charge in [0.15, 0.2) is 0 Å². The number of nitrogens with one attached hydrogen (secondary N) is 3. The smallest absolute Gasteiger partial charge is 0.322 e. The van der Waals surface area contributed by atoms with Crippen LogP contribution >= 0.6 is 0 Å². The summed E-state index contributed by atoms with van der Waals surface area (Å²) in [6, 6.07) is -0.647. The Bertz CT molecular complexity index is 406. The van der Waals surface area contributed by atoms with Gasteiger partial charge in [-0.1, -0.05) is 0 Å². The quantitative estimate of drug-likeness (QED) is 0.474. The number of carboxylic acid groups (broad SMARTS) is 1. The van der Waals surface area contributed by atoms with E-state index in [0.717, 1.165) is 19.3 Å². The molecule has 0 spiro atoms. The molecule has 0 bridgehead atoms. The van der Waals surface area contributed by atoms with Gasteiger partial charge in [-0.2, -0.15) is 0 Å². The third kappa shape index (κ3) is 7.14. The largest absolute Gasteiger partial charge is 0.480 e. The second kappa shape index (κ2) is 8.77. The normalized spacial score (nSPS) is 14.2. The lowest BCUT2D eigenvalue weighted by Crippen LogP contribution is -2.47. The first kappa shape index (κ1) is 16.7. The van der Waals surface area contributed by atoms with Crippen molar-refractivity contribution < 1.29 is 24.3 Å². The number of hydrogen-bond donors (Lipinski definition) is 4. The zero-order valence-corrected chi connectivity index (χ0v) is 11.7. The molecule has 0 aromatic carbocycles. The van der Waals surface area contributed by atoms with E-state index in [9.17, 15) is 19.2 Å². The van der Waals surface area contributed by atoms with Crippen LogP contribution in [0, 0.1) is 0 Å². The molecule has 0 unspecified atom stereocenters. The minimum atomic E-state index is -1.17. The molecular formula is C12H20N4O5. The number of amides is 4. The summed E-state index contributed by atoms with van der Waals surface area (Å²) >= 11 is 0. The van der Waals surface area contributed by atoms with Crippen LogP contribution in [0.5, 0.6) is 0 Å². The fourth-order valence-electron chi connectivity index (χ4n) is 1.87. The molecule has 0 radical (unpaired) electrons. The summed E-state index contributed by atoms with van der Waals surface area (Å²) in [6.45, 7) is 0.439. The SMILES string of the molecule is O=C(O)CNC(=O)CNC(=O)NCC(=O)N1CCCCC1. The van der Waals surface area contributed by atoms with Crippen LogP contribution in [0.4, 0.5) is 4.79 Å². The van der Waals surface area contributed by atoms with E-state index < -0.39 is 24.5 Å². The van der Waals surface area contributed by atoms with Gasteiger partial charge in [0.1, 0.15) is 6.54 Å². The van der Waals surface area contributed by atoms with Crippen molar-refractivity contribution in [2.75, 3.05) is 32.7 Å². The van der Waals surface area contributed by atoms with Gasteiger partial charge in [-0.3, -0.25) is 14.4 Å². The highest BCUT2D eigenvalue weighted by molar-refractivity contribution is 5.88. The van der Waals surface area contributed by atoms with E-state index >= 15 is 0 Å². The number of likely N-dealkylation sites (tertiary alicyclic amines) is 1. The average molecular weight is 300 g/mol. The molecular weight excluding hydrogens is 280 g/mol. The van der Waals surface area contributed by atoms with Gasteiger partial charge in [-0.25, -0.2) is 4.79 Å². The predicted molar refractivity (Wildman–Crippen MR) is 72.5 cm³/mol. The first-order valence-electron chi connectivity index (χ1n) is 6.77. The molecule has 0 saturated carbocycles. The third-order valence-electron chi connectivity index (χ3n) is 2.96. The van der Waals surface area contributed by atoms with Gasteiger partial charge in [-0.05, 0) is 19.3 Å². The zero-order chi connectivity index (χ0) is 15.7. The highest BCUT2D eigenvalue weighted by Crippen LogP contribution is 2.07. The van der Waals surface area contributed by atoms with Gasteiger partial charge in [0.2, 0.25) is 11.8 Å². The number of carbonyl (C=O) groups excluding carboxylic acids is 3. The molecule has 118 valence electrons. The van der Waals surface area contributed by atoms with Crippen LogP contribution in [0.2, 0.25) is 0 Å². The Balaban J connectivity index is 2.14. The lowest BCUT2D eigenvalue weighted by Gasteiger charge is -2.26. The Labute approximate surface area is 122 Å². The van der Waals surface area contributed by atoms with Gasteiger partial charge in [0, 0.05) is 13.1 Å². The van der Waals surface area contributed by atoms with Crippen molar-refractivity contribution in [3.8, 4) is 0 Å². The molecule has 0 aliphatic carbocycles. The molecule has 4 amide bonds. The molecule has 0 aromatic rings. The fourth-order valence-corrected chi connectivity index (χ4v) is 1.87. The number of carboxylic acids is 1. The lowest BCUT2D eigenvalue weighted by atomic mass is 10.1. The van der Waals surface area contributed by atoms with Crippen LogP contribution in [-0.2, 0) is 14.4 Å². The fraction of sp³-hybridized carbons (Fsp3) is 0.667. The topological polar surface area (TPSA) is 128 Å². The standard InChI is InChI=1S/C12H20N4O5/c17-9(13-8-11(19)20)6-14-12(21)15-7-10(18)16-4-2-1-3-5-16/h1-8H2,(H,13,17)(H,19,20)(H2,14,15,21). The zero-order valence-electron chi connectivity index (χ0n) is 11.7. The maximum Gasteiger partial charge on any atom is 0.322 e.